The highest BCUT2D eigenvalue weighted by Crippen LogP contribution is 2.35. The Morgan fingerprint density at radius 3 is 3.06 bits per heavy atom. The molecule has 0 spiro atoms. The van der Waals surface area contributed by atoms with Crippen LogP contribution in [0.2, 0.25) is 0 Å². The molecule has 1 saturated heterocycles. The number of nitrogens with one attached hydrogen (secondary N) is 1. The lowest BCUT2D eigenvalue weighted by Gasteiger charge is -2.24. The maximum Gasteiger partial charge on any atom is 0.335 e. The van der Waals surface area contributed by atoms with Crippen molar-refractivity contribution in [1.82, 2.24) is 5.32 Å². The standard InChI is InChI=1S/C12H19NO3/c1-3-16-12(14)9-6-4-5-8-10(15-2)7-13-11(8)9/h8,10,13H,3-7H2,1-2H3/t8-,10-/m1/s1. The van der Waals surface area contributed by atoms with Crippen molar-refractivity contribution < 1.29 is 14.3 Å². The summed E-state index contributed by atoms with van der Waals surface area (Å²) in [5.41, 5.74) is 1.90. The minimum absolute atomic E-state index is 0.161. The maximum absolute atomic E-state index is 11.8. The van der Waals surface area contributed by atoms with Crippen molar-refractivity contribution >= 4 is 5.97 Å². The number of fused-ring (bicyclic) bond motifs is 1. The first-order chi connectivity index (χ1) is 7.77. The average molecular weight is 225 g/mol. The molecule has 1 fully saturated rings. The Balaban J connectivity index is 2.20. The highest BCUT2D eigenvalue weighted by atomic mass is 16.5. The quantitative estimate of drug-likeness (QED) is 0.734. The third-order valence-electron chi connectivity index (χ3n) is 3.40. The Morgan fingerprint density at radius 1 is 1.56 bits per heavy atom. The molecule has 2 aliphatic rings. The second kappa shape index (κ2) is 4.87. The lowest BCUT2D eigenvalue weighted by molar-refractivity contribution is -0.138. The largest absolute Gasteiger partial charge is 0.463 e. The molecule has 4 heteroatoms. The molecule has 16 heavy (non-hydrogen) atoms. The average Bonchev–Trinajstić information content (AvgIpc) is 2.71. The van der Waals surface area contributed by atoms with E-state index in [1.807, 2.05) is 6.92 Å². The van der Waals surface area contributed by atoms with Crippen molar-refractivity contribution in [3.8, 4) is 0 Å². The van der Waals surface area contributed by atoms with Gasteiger partial charge in [0.15, 0.2) is 0 Å². The van der Waals surface area contributed by atoms with E-state index < -0.39 is 0 Å². The van der Waals surface area contributed by atoms with Gasteiger partial charge < -0.3 is 14.8 Å². The number of esters is 1. The molecule has 0 amide bonds. The first kappa shape index (κ1) is 11.5. The Bertz CT molecular complexity index is 311. The van der Waals surface area contributed by atoms with Gasteiger partial charge in [-0.2, -0.15) is 0 Å². The second-order valence-electron chi connectivity index (χ2n) is 4.27. The zero-order chi connectivity index (χ0) is 11.5. The molecule has 0 saturated carbocycles. The summed E-state index contributed by atoms with van der Waals surface area (Å²) in [5.74, 6) is 0.199. The van der Waals surface area contributed by atoms with Crippen LogP contribution in [-0.2, 0) is 14.3 Å². The van der Waals surface area contributed by atoms with Crippen LogP contribution >= 0.6 is 0 Å². The molecule has 0 aromatic heterocycles. The van der Waals surface area contributed by atoms with Gasteiger partial charge in [0.2, 0.25) is 0 Å². The molecule has 2 atom stereocenters. The van der Waals surface area contributed by atoms with Gasteiger partial charge in [0.25, 0.3) is 0 Å². The van der Waals surface area contributed by atoms with Crippen molar-refractivity contribution in [3.63, 3.8) is 0 Å². The fourth-order valence-corrected chi connectivity index (χ4v) is 2.64. The van der Waals surface area contributed by atoms with Crippen LogP contribution in [0.3, 0.4) is 0 Å². The molecule has 0 radical (unpaired) electrons. The van der Waals surface area contributed by atoms with Crippen LogP contribution in [0.15, 0.2) is 11.3 Å². The van der Waals surface area contributed by atoms with Gasteiger partial charge in [-0.05, 0) is 26.2 Å². The van der Waals surface area contributed by atoms with Crippen LogP contribution < -0.4 is 5.32 Å². The van der Waals surface area contributed by atoms with Gasteiger partial charge in [-0.25, -0.2) is 4.79 Å². The molecule has 0 unspecified atom stereocenters. The van der Waals surface area contributed by atoms with E-state index >= 15 is 0 Å². The van der Waals surface area contributed by atoms with E-state index in [1.165, 1.54) is 0 Å². The summed E-state index contributed by atoms with van der Waals surface area (Å²) in [6.07, 6.45) is 3.18. The normalized spacial score (nSPS) is 28.6. The minimum Gasteiger partial charge on any atom is -0.463 e. The topological polar surface area (TPSA) is 47.6 Å². The van der Waals surface area contributed by atoms with E-state index in [9.17, 15) is 4.79 Å². The van der Waals surface area contributed by atoms with Gasteiger partial charge in [-0.15, -0.1) is 0 Å². The lowest BCUT2D eigenvalue weighted by Crippen LogP contribution is -2.24. The van der Waals surface area contributed by atoms with Gasteiger partial charge in [-0.3, -0.25) is 0 Å². The number of hydrogen-bond donors (Lipinski definition) is 1. The molecular weight excluding hydrogens is 206 g/mol. The predicted molar refractivity (Wildman–Crippen MR) is 59.8 cm³/mol. The Kier molecular flexibility index (Phi) is 3.49. The van der Waals surface area contributed by atoms with Crippen LogP contribution in [-0.4, -0.2) is 32.3 Å². The lowest BCUT2D eigenvalue weighted by atomic mass is 9.86. The zero-order valence-corrected chi connectivity index (χ0v) is 9.91. The third kappa shape index (κ3) is 1.94. The number of carbonyl (C=O) groups excluding carboxylic acids is 1. The highest BCUT2D eigenvalue weighted by molar-refractivity contribution is 5.89. The highest BCUT2D eigenvalue weighted by Gasteiger charge is 2.37. The molecule has 0 bridgehead atoms. The summed E-state index contributed by atoms with van der Waals surface area (Å²) < 4.78 is 10.5. The second-order valence-corrected chi connectivity index (χ2v) is 4.27. The molecule has 1 aliphatic carbocycles. The SMILES string of the molecule is CCOC(=O)C1=C2NC[C@@H](OC)[C@H]2CCC1. The van der Waals surface area contributed by atoms with Crippen LogP contribution in [0.1, 0.15) is 26.2 Å². The number of ether oxygens (including phenoxy) is 2. The molecule has 1 N–H and O–H groups in total. The number of carbonyl (C=O) groups is 1. The molecule has 0 aromatic carbocycles. The van der Waals surface area contributed by atoms with Gasteiger partial charge in [0.05, 0.1) is 18.3 Å². The van der Waals surface area contributed by atoms with Crippen LogP contribution in [0, 0.1) is 5.92 Å². The van der Waals surface area contributed by atoms with Crippen molar-refractivity contribution in [2.24, 2.45) is 5.92 Å². The Hall–Kier alpha value is -1.03. The molecule has 1 aliphatic heterocycles. The van der Waals surface area contributed by atoms with Gasteiger partial charge in [0, 0.05) is 25.3 Å². The van der Waals surface area contributed by atoms with Crippen LogP contribution in [0.25, 0.3) is 0 Å². The van der Waals surface area contributed by atoms with E-state index in [1.54, 1.807) is 7.11 Å². The first-order valence-corrected chi connectivity index (χ1v) is 5.94. The molecule has 0 aromatic rings. The van der Waals surface area contributed by atoms with E-state index in [0.29, 0.717) is 12.5 Å². The van der Waals surface area contributed by atoms with Crippen molar-refractivity contribution in [2.45, 2.75) is 32.3 Å². The molecule has 4 nitrogen and oxygen atoms in total. The van der Waals surface area contributed by atoms with Crippen LogP contribution in [0.5, 0.6) is 0 Å². The van der Waals surface area contributed by atoms with E-state index in [-0.39, 0.29) is 12.1 Å². The zero-order valence-electron chi connectivity index (χ0n) is 9.91. The molecular formula is C12H19NO3. The Labute approximate surface area is 96.0 Å². The smallest absolute Gasteiger partial charge is 0.335 e. The summed E-state index contributed by atoms with van der Waals surface area (Å²) in [5, 5.41) is 3.30. The fraction of sp³-hybridized carbons (Fsp3) is 0.750. The molecule has 1 heterocycles. The van der Waals surface area contributed by atoms with Crippen LogP contribution in [0.4, 0.5) is 0 Å². The maximum atomic E-state index is 11.8. The number of rotatable bonds is 3. The summed E-state index contributed by atoms with van der Waals surface area (Å²) >= 11 is 0. The predicted octanol–water partition coefficient (Wildman–Crippen LogP) is 1.22. The monoisotopic (exact) mass is 225 g/mol. The van der Waals surface area contributed by atoms with Gasteiger partial charge in [0.1, 0.15) is 0 Å². The van der Waals surface area contributed by atoms with Gasteiger partial charge >= 0.3 is 5.97 Å². The van der Waals surface area contributed by atoms with Gasteiger partial charge in [-0.1, -0.05) is 0 Å². The summed E-state index contributed by atoms with van der Waals surface area (Å²) in [6, 6.07) is 0. The molecule has 2 rings (SSSR count). The molecule has 90 valence electrons. The summed E-state index contributed by atoms with van der Waals surface area (Å²) in [7, 11) is 1.73. The Morgan fingerprint density at radius 2 is 2.38 bits per heavy atom. The fourth-order valence-electron chi connectivity index (χ4n) is 2.64. The van der Waals surface area contributed by atoms with Crippen molar-refractivity contribution in [3.05, 3.63) is 11.3 Å². The number of hydrogen-bond acceptors (Lipinski definition) is 4. The van der Waals surface area contributed by atoms with E-state index in [2.05, 4.69) is 5.32 Å². The van der Waals surface area contributed by atoms with E-state index in [4.69, 9.17) is 9.47 Å². The van der Waals surface area contributed by atoms with Crippen molar-refractivity contribution in [1.29, 1.82) is 0 Å². The third-order valence-corrected chi connectivity index (χ3v) is 3.40. The minimum atomic E-state index is -0.161. The summed E-state index contributed by atoms with van der Waals surface area (Å²) in [4.78, 5) is 11.8. The van der Waals surface area contributed by atoms with E-state index in [0.717, 1.165) is 37.1 Å². The first-order valence-electron chi connectivity index (χ1n) is 5.94. The number of methoxy groups -OCH3 is 1. The summed E-state index contributed by atoms with van der Waals surface area (Å²) in [6.45, 7) is 3.08. The van der Waals surface area contributed by atoms with Crippen molar-refractivity contribution in [2.75, 3.05) is 20.3 Å².